The van der Waals surface area contributed by atoms with Crippen LogP contribution in [0.1, 0.15) is 33.1 Å². The minimum atomic E-state index is -0.0863. The van der Waals surface area contributed by atoms with Gasteiger partial charge in [0.25, 0.3) is 0 Å². The number of H-pyrrole nitrogens is 1. The maximum absolute atomic E-state index is 11.5. The van der Waals surface area contributed by atoms with Gasteiger partial charge in [0.15, 0.2) is 0 Å². The van der Waals surface area contributed by atoms with Crippen LogP contribution in [0.3, 0.4) is 0 Å². The van der Waals surface area contributed by atoms with Crippen LogP contribution >= 0.6 is 11.3 Å². The minimum Gasteiger partial charge on any atom is -0.494 e. The lowest BCUT2D eigenvalue weighted by atomic mass is 10.2. The summed E-state index contributed by atoms with van der Waals surface area (Å²) in [6, 6.07) is 18.1. The molecule has 1 N–H and O–H groups in total. The summed E-state index contributed by atoms with van der Waals surface area (Å²) in [5.41, 5.74) is 2.11. The fourth-order valence-corrected chi connectivity index (χ4v) is 5.12. The molecule has 1 aliphatic heterocycles. The molecule has 1 fully saturated rings. The van der Waals surface area contributed by atoms with E-state index in [1.165, 1.54) is 22.2 Å². The maximum Gasteiger partial charge on any atom is 0.248 e. The van der Waals surface area contributed by atoms with Crippen LogP contribution in [-0.4, -0.2) is 49.2 Å². The molecule has 1 saturated heterocycles. The number of piperazine rings is 1. The fourth-order valence-electron chi connectivity index (χ4n) is 4.31. The molecular weight excluding hydrogens is 442 g/mol. The van der Waals surface area contributed by atoms with Crippen LogP contribution in [0.15, 0.2) is 64.8 Å². The second-order valence-corrected chi connectivity index (χ2v) is 9.72. The van der Waals surface area contributed by atoms with Crippen molar-refractivity contribution in [2.24, 2.45) is 0 Å². The van der Waals surface area contributed by atoms with Gasteiger partial charge in [0.1, 0.15) is 5.75 Å². The Kier molecular flexibility index (Phi) is 8.61. The lowest BCUT2D eigenvalue weighted by Gasteiger charge is -2.36. The maximum atomic E-state index is 11.5. The summed E-state index contributed by atoms with van der Waals surface area (Å²) in [6.07, 6.45) is 3.41. The largest absolute Gasteiger partial charge is 0.494 e. The zero-order valence-electron chi connectivity index (χ0n) is 20.3. The number of aromatic amines is 1. The number of rotatable bonds is 7. The number of hydrogen-bond donors (Lipinski definition) is 1. The average molecular weight is 478 g/mol. The highest BCUT2D eigenvalue weighted by atomic mass is 32.1. The molecule has 180 valence electrons. The molecule has 0 radical (unpaired) electrons. The number of nitrogens with one attached hydrogen (secondary N) is 1. The number of hydrogen-bond acceptors (Lipinski definition) is 5. The van der Waals surface area contributed by atoms with E-state index in [0.29, 0.717) is 6.61 Å². The van der Waals surface area contributed by atoms with E-state index in [1.54, 1.807) is 6.07 Å². The highest BCUT2D eigenvalue weighted by molar-refractivity contribution is 7.17. The van der Waals surface area contributed by atoms with E-state index in [0.717, 1.165) is 62.2 Å². The van der Waals surface area contributed by atoms with E-state index >= 15 is 0 Å². The Bertz CT molecular complexity index is 1240. The molecule has 0 atom stereocenters. The lowest BCUT2D eigenvalue weighted by Crippen LogP contribution is -2.46. The molecule has 2 aromatic carbocycles. The number of benzene rings is 2. The van der Waals surface area contributed by atoms with Crippen molar-refractivity contribution in [3.05, 3.63) is 70.3 Å². The van der Waals surface area contributed by atoms with Gasteiger partial charge in [0.05, 0.1) is 12.1 Å². The highest BCUT2D eigenvalue weighted by Crippen LogP contribution is 2.31. The molecule has 0 aliphatic carbocycles. The number of nitrogens with zero attached hydrogens (tertiary/aromatic N) is 2. The van der Waals surface area contributed by atoms with Crippen LogP contribution in [0.2, 0.25) is 0 Å². The summed E-state index contributed by atoms with van der Waals surface area (Å²) >= 11 is 1.82. The molecular formula is C28H35N3O2S. The molecule has 0 unspecified atom stereocenters. The number of pyridine rings is 1. The van der Waals surface area contributed by atoms with E-state index < -0.39 is 0 Å². The van der Waals surface area contributed by atoms with Crippen molar-refractivity contribution < 1.29 is 4.74 Å². The Labute approximate surface area is 206 Å². The molecule has 2 aromatic heterocycles. The first-order chi connectivity index (χ1) is 16.7. The zero-order valence-corrected chi connectivity index (χ0v) is 21.1. The quantitative estimate of drug-likeness (QED) is 0.325. The summed E-state index contributed by atoms with van der Waals surface area (Å²) in [4.78, 5) is 19.4. The summed E-state index contributed by atoms with van der Waals surface area (Å²) in [7, 11) is 0. The number of ether oxygens (including phenoxy) is 1. The molecule has 0 bridgehead atoms. The van der Waals surface area contributed by atoms with Gasteiger partial charge in [-0.3, -0.25) is 9.69 Å². The minimum absolute atomic E-state index is 0.0863. The molecule has 1 aliphatic rings. The van der Waals surface area contributed by atoms with Gasteiger partial charge in [0.2, 0.25) is 5.56 Å². The number of aromatic nitrogens is 1. The molecule has 3 heterocycles. The number of fused-ring (bicyclic) bond motifs is 2. The van der Waals surface area contributed by atoms with Crippen molar-refractivity contribution in [3.8, 4) is 5.75 Å². The second kappa shape index (κ2) is 12.0. The number of anilines is 1. The Morgan fingerprint density at radius 1 is 0.971 bits per heavy atom. The van der Waals surface area contributed by atoms with Crippen molar-refractivity contribution >= 4 is 38.0 Å². The highest BCUT2D eigenvalue weighted by Gasteiger charge is 2.18. The van der Waals surface area contributed by atoms with Crippen LogP contribution in [0.5, 0.6) is 5.75 Å². The predicted octanol–water partition coefficient (Wildman–Crippen LogP) is 6.14. The van der Waals surface area contributed by atoms with Crippen molar-refractivity contribution in [2.75, 3.05) is 44.2 Å². The van der Waals surface area contributed by atoms with Gasteiger partial charge in [-0.15, -0.1) is 11.3 Å². The molecule has 6 heteroatoms. The Morgan fingerprint density at radius 3 is 2.59 bits per heavy atom. The van der Waals surface area contributed by atoms with Crippen LogP contribution in [0, 0.1) is 0 Å². The summed E-state index contributed by atoms with van der Waals surface area (Å²) < 4.78 is 7.28. The van der Waals surface area contributed by atoms with Crippen LogP contribution in [0.4, 0.5) is 5.69 Å². The molecule has 0 saturated carbocycles. The zero-order chi connectivity index (χ0) is 23.8. The molecule has 0 amide bonds. The van der Waals surface area contributed by atoms with Crippen LogP contribution < -0.4 is 15.2 Å². The third-order valence-electron chi connectivity index (χ3n) is 6.02. The van der Waals surface area contributed by atoms with Gasteiger partial charge in [-0.05, 0) is 66.6 Å². The normalized spacial score (nSPS) is 14.2. The number of thiophene rings is 1. The first-order valence-electron chi connectivity index (χ1n) is 12.4. The Balaban J connectivity index is 0.000000868. The van der Waals surface area contributed by atoms with E-state index in [9.17, 15) is 4.79 Å². The first kappa shape index (κ1) is 24.3. The SMILES string of the molecule is CCC.O=c1ccc2ccc(OCCCCN3CCN(c4cccc5sccc45)CC3)cc2[nH]1. The van der Waals surface area contributed by atoms with Gasteiger partial charge in [-0.25, -0.2) is 0 Å². The van der Waals surface area contributed by atoms with Gasteiger partial charge >= 0.3 is 0 Å². The topological polar surface area (TPSA) is 48.6 Å². The van der Waals surface area contributed by atoms with Gasteiger partial charge < -0.3 is 14.6 Å². The first-order valence-corrected chi connectivity index (χ1v) is 13.3. The molecule has 5 rings (SSSR count). The monoisotopic (exact) mass is 477 g/mol. The fraction of sp³-hybridized carbons (Fsp3) is 0.393. The summed E-state index contributed by atoms with van der Waals surface area (Å²) in [5, 5.41) is 4.58. The summed E-state index contributed by atoms with van der Waals surface area (Å²) in [5.74, 6) is 0.811. The second-order valence-electron chi connectivity index (χ2n) is 8.77. The standard InChI is InChI=1S/C25H27N3O2S.C3H8/c29-25-9-7-19-6-8-20(18-22(19)26-25)30-16-2-1-11-27-12-14-28(15-13-27)23-4-3-5-24-21(23)10-17-31-24;1-3-2/h3-10,17-18H,1-2,11-16H2,(H,26,29);3H2,1-2H3. The molecule has 34 heavy (non-hydrogen) atoms. The molecule has 0 spiro atoms. The summed E-state index contributed by atoms with van der Waals surface area (Å²) in [6.45, 7) is 10.5. The third kappa shape index (κ3) is 6.19. The number of unbranched alkanes of at least 4 members (excludes halogenated alkanes) is 1. The van der Waals surface area contributed by atoms with Crippen LogP contribution in [-0.2, 0) is 0 Å². The van der Waals surface area contributed by atoms with Gasteiger partial charge in [-0.1, -0.05) is 26.3 Å². The molecule has 5 nitrogen and oxygen atoms in total. The van der Waals surface area contributed by atoms with Gasteiger partial charge in [0, 0.05) is 54.1 Å². The van der Waals surface area contributed by atoms with E-state index in [2.05, 4.69) is 58.3 Å². The van der Waals surface area contributed by atoms with Crippen molar-refractivity contribution in [1.29, 1.82) is 0 Å². The van der Waals surface area contributed by atoms with E-state index in [1.807, 2.05) is 35.6 Å². The Hall–Kier alpha value is -2.83. The van der Waals surface area contributed by atoms with Crippen molar-refractivity contribution in [2.45, 2.75) is 33.1 Å². The molecule has 4 aromatic rings. The smallest absolute Gasteiger partial charge is 0.248 e. The van der Waals surface area contributed by atoms with Crippen molar-refractivity contribution in [1.82, 2.24) is 9.88 Å². The average Bonchev–Trinajstić information content (AvgIpc) is 3.34. The lowest BCUT2D eigenvalue weighted by molar-refractivity contribution is 0.239. The van der Waals surface area contributed by atoms with Gasteiger partial charge in [-0.2, -0.15) is 0 Å². The van der Waals surface area contributed by atoms with E-state index in [4.69, 9.17) is 4.74 Å². The predicted molar refractivity (Wildman–Crippen MR) is 146 cm³/mol. The Morgan fingerprint density at radius 2 is 1.76 bits per heavy atom. The third-order valence-corrected chi connectivity index (χ3v) is 6.90. The van der Waals surface area contributed by atoms with Crippen molar-refractivity contribution in [3.63, 3.8) is 0 Å². The van der Waals surface area contributed by atoms with E-state index in [-0.39, 0.29) is 5.56 Å². The van der Waals surface area contributed by atoms with Crippen LogP contribution in [0.25, 0.3) is 21.0 Å².